The van der Waals surface area contributed by atoms with E-state index in [1.165, 1.54) is 12.1 Å². The quantitative estimate of drug-likeness (QED) is 0.794. The lowest BCUT2D eigenvalue weighted by molar-refractivity contribution is 0.0599. The minimum Gasteiger partial charge on any atom is -0.376 e. The van der Waals surface area contributed by atoms with Crippen LogP contribution in [-0.4, -0.2) is 6.61 Å². The van der Waals surface area contributed by atoms with E-state index in [1.54, 1.807) is 12.1 Å². The van der Waals surface area contributed by atoms with Crippen LogP contribution >= 0.6 is 0 Å². The molecular weight excluding hydrogens is 303 g/mol. The van der Waals surface area contributed by atoms with Crippen LogP contribution in [0.25, 0.3) is 0 Å². The largest absolute Gasteiger partial charge is 0.376 e. The van der Waals surface area contributed by atoms with Crippen molar-refractivity contribution < 1.29 is 17.9 Å². The summed E-state index contributed by atoms with van der Waals surface area (Å²) in [5.41, 5.74) is 0.935. The molecule has 2 aromatic carbocycles. The molecule has 1 N–H and O–H groups in total. The molecule has 0 unspecified atom stereocenters. The van der Waals surface area contributed by atoms with Gasteiger partial charge < -0.3 is 10.1 Å². The first-order chi connectivity index (χ1) is 10.7. The van der Waals surface area contributed by atoms with Crippen LogP contribution in [0.5, 0.6) is 0 Å². The summed E-state index contributed by atoms with van der Waals surface area (Å²) in [5, 5.41) is 2.64. The fourth-order valence-electron chi connectivity index (χ4n) is 1.97. The molecule has 0 saturated carbocycles. The predicted octanol–water partition coefficient (Wildman–Crippen LogP) is 5.41. The van der Waals surface area contributed by atoms with Gasteiger partial charge in [0, 0.05) is 6.07 Å². The number of hydrogen-bond acceptors (Lipinski definition) is 2. The summed E-state index contributed by atoms with van der Waals surface area (Å²) < 4.78 is 46.0. The van der Waals surface area contributed by atoms with E-state index in [0.29, 0.717) is 13.2 Å². The third-order valence-corrected chi connectivity index (χ3v) is 3.04. The van der Waals surface area contributed by atoms with Crippen molar-refractivity contribution >= 4 is 11.4 Å². The molecule has 2 aromatic rings. The molecule has 0 atom stereocenters. The average molecular weight is 323 g/mol. The van der Waals surface area contributed by atoms with E-state index < -0.39 is 17.5 Å². The zero-order valence-electron chi connectivity index (χ0n) is 13.4. The molecule has 0 spiro atoms. The summed E-state index contributed by atoms with van der Waals surface area (Å²) >= 11 is 0. The Kier molecular flexibility index (Phi) is 5.31. The highest BCUT2D eigenvalue weighted by atomic mass is 19.1. The van der Waals surface area contributed by atoms with Crippen molar-refractivity contribution in [3.05, 3.63) is 59.4 Å². The van der Waals surface area contributed by atoms with Crippen LogP contribution in [0.4, 0.5) is 24.5 Å². The molecule has 124 valence electrons. The SMILES string of the molecule is CC(C)(C)COCc1ccc(F)c(Nc2ccc(F)cc2F)c1. The first kappa shape index (κ1) is 17.3. The molecule has 0 aliphatic heterocycles. The summed E-state index contributed by atoms with van der Waals surface area (Å²) in [6.45, 7) is 7.07. The summed E-state index contributed by atoms with van der Waals surface area (Å²) in [5.74, 6) is -1.98. The number of rotatable bonds is 5. The molecule has 0 aliphatic carbocycles. The number of halogens is 3. The second kappa shape index (κ2) is 7.04. The smallest absolute Gasteiger partial charge is 0.149 e. The zero-order chi connectivity index (χ0) is 17.0. The number of anilines is 2. The third-order valence-electron chi connectivity index (χ3n) is 3.04. The molecule has 0 aromatic heterocycles. The second-order valence-electron chi connectivity index (χ2n) is 6.62. The van der Waals surface area contributed by atoms with Crippen molar-refractivity contribution in [3.63, 3.8) is 0 Å². The number of hydrogen-bond donors (Lipinski definition) is 1. The first-order valence-corrected chi connectivity index (χ1v) is 7.33. The molecule has 0 saturated heterocycles. The van der Waals surface area contributed by atoms with Gasteiger partial charge in [0.25, 0.3) is 0 Å². The van der Waals surface area contributed by atoms with Crippen LogP contribution in [0.15, 0.2) is 36.4 Å². The Balaban J connectivity index is 2.11. The maximum atomic E-state index is 13.9. The monoisotopic (exact) mass is 323 g/mol. The van der Waals surface area contributed by atoms with Crippen molar-refractivity contribution in [2.75, 3.05) is 11.9 Å². The van der Waals surface area contributed by atoms with Crippen molar-refractivity contribution in [1.82, 2.24) is 0 Å². The van der Waals surface area contributed by atoms with E-state index in [1.807, 2.05) is 0 Å². The number of benzene rings is 2. The van der Waals surface area contributed by atoms with Crippen LogP contribution < -0.4 is 5.32 Å². The first-order valence-electron chi connectivity index (χ1n) is 7.33. The average Bonchev–Trinajstić information content (AvgIpc) is 2.44. The maximum absolute atomic E-state index is 13.9. The molecule has 2 nitrogen and oxygen atoms in total. The number of ether oxygens (including phenoxy) is 1. The summed E-state index contributed by atoms with van der Waals surface area (Å²) in [6.07, 6.45) is 0. The third kappa shape index (κ3) is 5.28. The van der Waals surface area contributed by atoms with Gasteiger partial charge in [-0.15, -0.1) is 0 Å². The van der Waals surface area contributed by atoms with Gasteiger partial charge in [-0.2, -0.15) is 0 Å². The molecule has 23 heavy (non-hydrogen) atoms. The van der Waals surface area contributed by atoms with Crippen molar-refractivity contribution in [2.45, 2.75) is 27.4 Å². The van der Waals surface area contributed by atoms with Crippen molar-refractivity contribution in [3.8, 4) is 0 Å². The molecule has 5 heteroatoms. The fraction of sp³-hybridized carbons (Fsp3) is 0.333. The van der Waals surface area contributed by atoms with Crippen molar-refractivity contribution in [1.29, 1.82) is 0 Å². The van der Waals surface area contributed by atoms with Crippen LogP contribution in [0.2, 0.25) is 0 Å². The second-order valence-corrected chi connectivity index (χ2v) is 6.62. The van der Waals surface area contributed by atoms with Crippen LogP contribution in [0.3, 0.4) is 0 Å². The Morgan fingerprint density at radius 2 is 1.65 bits per heavy atom. The highest BCUT2D eigenvalue weighted by Gasteiger charge is 2.11. The van der Waals surface area contributed by atoms with E-state index in [9.17, 15) is 13.2 Å². The van der Waals surface area contributed by atoms with Gasteiger partial charge in [-0.05, 0) is 35.2 Å². The Hall–Kier alpha value is -2.01. The molecule has 0 radical (unpaired) electrons. The van der Waals surface area contributed by atoms with Crippen molar-refractivity contribution in [2.24, 2.45) is 5.41 Å². The molecule has 0 bridgehead atoms. The van der Waals surface area contributed by atoms with E-state index in [-0.39, 0.29) is 16.8 Å². The molecule has 0 aliphatic rings. The molecule has 0 fully saturated rings. The van der Waals surface area contributed by atoms with E-state index in [4.69, 9.17) is 4.74 Å². The minimum atomic E-state index is -0.779. The summed E-state index contributed by atoms with van der Waals surface area (Å²) in [7, 11) is 0. The normalized spacial score (nSPS) is 11.6. The van der Waals surface area contributed by atoms with Gasteiger partial charge in [-0.25, -0.2) is 13.2 Å². The molecule has 0 heterocycles. The Bertz CT molecular complexity index is 680. The molecule has 2 rings (SSSR count). The lowest BCUT2D eigenvalue weighted by Gasteiger charge is -2.18. The molecular formula is C18H20F3NO. The molecule has 0 amide bonds. The maximum Gasteiger partial charge on any atom is 0.149 e. The standard InChI is InChI=1S/C18H20F3NO/c1-18(2,3)11-23-10-12-4-6-14(20)17(8-12)22-16-7-5-13(19)9-15(16)21/h4-9,22H,10-11H2,1-3H3. The van der Waals surface area contributed by atoms with Gasteiger partial charge in [0.1, 0.15) is 17.5 Å². The van der Waals surface area contributed by atoms with Gasteiger partial charge in [0.2, 0.25) is 0 Å². The van der Waals surface area contributed by atoms with Crippen LogP contribution in [-0.2, 0) is 11.3 Å². The lowest BCUT2D eigenvalue weighted by Crippen LogP contribution is -2.14. The van der Waals surface area contributed by atoms with Gasteiger partial charge in [0.15, 0.2) is 0 Å². The van der Waals surface area contributed by atoms with E-state index >= 15 is 0 Å². The Labute approximate surface area is 134 Å². The van der Waals surface area contributed by atoms with Crippen LogP contribution in [0.1, 0.15) is 26.3 Å². The van der Waals surface area contributed by atoms with Gasteiger partial charge in [-0.1, -0.05) is 26.8 Å². The highest BCUT2D eigenvalue weighted by molar-refractivity contribution is 5.61. The fourth-order valence-corrected chi connectivity index (χ4v) is 1.97. The predicted molar refractivity (Wildman–Crippen MR) is 85.2 cm³/mol. The highest BCUT2D eigenvalue weighted by Crippen LogP contribution is 2.24. The minimum absolute atomic E-state index is 0.0121. The van der Waals surface area contributed by atoms with Gasteiger partial charge in [0.05, 0.1) is 24.6 Å². The topological polar surface area (TPSA) is 21.3 Å². The lowest BCUT2D eigenvalue weighted by atomic mass is 9.99. The van der Waals surface area contributed by atoms with Gasteiger partial charge >= 0.3 is 0 Å². The van der Waals surface area contributed by atoms with Crippen LogP contribution in [0, 0.1) is 22.9 Å². The Morgan fingerprint density at radius 3 is 2.30 bits per heavy atom. The Morgan fingerprint density at radius 1 is 0.913 bits per heavy atom. The van der Waals surface area contributed by atoms with E-state index in [2.05, 4.69) is 26.1 Å². The zero-order valence-corrected chi connectivity index (χ0v) is 13.4. The summed E-state index contributed by atoms with van der Waals surface area (Å²) in [4.78, 5) is 0. The summed E-state index contributed by atoms with van der Waals surface area (Å²) in [6, 6.07) is 7.55. The van der Waals surface area contributed by atoms with Gasteiger partial charge in [-0.3, -0.25) is 0 Å². The van der Waals surface area contributed by atoms with E-state index in [0.717, 1.165) is 17.7 Å². The number of nitrogens with one attached hydrogen (secondary N) is 1.